The molecule has 1 saturated carbocycles. The normalized spacial score (nSPS) is 26.6. The first-order valence-corrected chi connectivity index (χ1v) is 7.44. The van der Waals surface area contributed by atoms with Gasteiger partial charge in [0.1, 0.15) is 0 Å². The molecule has 0 aliphatic heterocycles. The first-order valence-electron chi connectivity index (χ1n) is 7.44. The zero-order chi connectivity index (χ0) is 12.7. The van der Waals surface area contributed by atoms with Gasteiger partial charge < -0.3 is 5.32 Å². The lowest BCUT2D eigenvalue weighted by molar-refractivity contribution is 0.276. The lowest BCUT2D eigenvalue weighted by Crippen LogP contribution is -2.36. The maximum Gasteiger partial charge on any atom is 0.00966 e. The van der Waals surface area contributed by atoms with Gasteiger partial charge in [-0.05, 0) is 58.4 Å². The molecule has 2 unspecified atom stereocenters. The Morgan fingerprint density at radius 3 is 2.53 bits per heavy atom. The minimum atomic E-state index is 0.255. The quantitative estimate of drug-likeness (QED) is 0.547. The van der Waals surface area contributed by atoms with Crippen molar-refractivity contribution in [1.82, 2.24) is 5.32 Å². The second kappa shape index (κ2) is 7.20. The predicted molar refractivity (Wildman–Crippen MR) is 77.3 cm³/mol. The van der Waals surface area contributed by atoms with Crippen molar-refractivity contribution < 1.29 is 0 Å². The van der Waals surface area contributed by atoms with Gasteiger partial charge in [-0.1, -0.05) is 38.3 Å². The Balaban J connectivity index is 2.22. The predicted octanol–water partition coefficient (Wildman–Crippen LogP) is 4.54. The molecule has 1 N–H and O–H groups in total. The third kappa shape index (κ3) is 6.26. The molecule has 100 valence electrons. The Morgan fingerprint density at radius 2 is 1.88 bits per heavy atom. The van der Waals surface area contributed by atoms with Crippen LogP contribution >= 0.6 is 0 Å². The summed E-state index contributed by atoms with van der Waals surface area (Å²) in [4.78, 5) is 0. The average Bonchev–Trinajstić information content (AvgIpc) is 2.27. The van der Waals surface area contributed by atoms with Crippen LogP contribution in [-0.4, -0.2) is 12.1 Å². The Morgan fingerprint density at radius 1 is 1.18 bits per heavy atom. The molecule has 0 bridgehead atoms. The van der Waals surface area contributed by atoms with Gasteiger partial charge in [0.2, 0.25) is 0 Å². The van der Waals surface area contributed by atoms with Crippen LogP contribution in [0.1, 0.15) is 66.2 Å². The number of nitrogens with one attached hydrogen (secondary N) is 1. The van der Waals surface area contributed by atoms with E-state index in [1.165, 1.54) is 38.5 Å². The molecule has 1 fully saturated rings. The van der Waals surface area contributed by atoms with Crippen molar-refractivity contribution in [2.75, 3.05) is 6.54 Å². The van der Waals surface area contributed by atoms with Gasteiger partial charge in [0.05, 0.1) is 0 Å². The van der Waals surface area contributed by atoms with Crippen LogP contribution in [0.5, 0.6) is 0 Å². The van der Waals surface area contributed by atoms with Crippen molar-refractivity contribution in [1.29, 1.82) is 0 Å². The minimum Gasteiger partial charge on any atom is -0.312 e. The summed E-state index contributed by atoms with van der Waals surface area (Å²) in [5, 5.41) is 3.53. The lowest BCUT2D eigenvalue weighted by Gasteiger charge is -2.28. The summed E-state index contributed by atoms with van der Waals surface area (Å²) in [6, 6.07) is 0. The molecule has 0 radical (unpaired) electrons. The van der Waals surface area contributed by atoms with Crippen LogP contribution in [0, 0.1) is 11.8 Å². The number of allylic oxidation sites excluding steroid dienone is 1. The maximum atomic E-state index is 3.53. The van der Waals surface area contributed by atoms with Crippen molar-refractivity contribution in [3.63, 3.8) is 0 Å². The molecule has 0 aromatic carbocycles. The molecule has 0 saturated heterocycles. The fourth-order valence-electron chi connectivity index (χ4n) is 2.80. The van der Waals surface area contributed by atoms with E-state index in [0.29, 0.717) is 0 Å². The Labute approximate surface area is 108 Å². The summed E-state index contributed by atoms with van der Waals surface area (Å²) >= 11 is 0. The first-order chi connectivity index (χ1) is 8.03. The highest BCUT2D eigenvalue weighted by atomic mass is 14.9. The minimum absolute atomic E-state index is 0.255. The monoisotopic (exact) mass is 237 g/mol. The summed E-state index contributed by atoms with van der Waals surface area (Å²) in [5.74, 6) is 1.82. The van der Waals surface area contributed by atoms with E-state index in [1.807, 2.05) is 0 Å². The van der Waals surface area contributed by atoms with E-state index in [0.717, 1.165) is 18.4 Å². The number of rotatable bonds is 5. The Bertz CT molecular complexity index is 224. The van der Waals surface area contributed by atoms with E-state index < -0.39 is 0 Å². The molecule has 1 heteroatoms. The van der Waals surface area contributed by atoms with Crippen molar-refractivity contribution in [3.05, 3.63) is 12.2 Å². The van der Waals surface area contributed by atoms with E-state index in [1.54, 1.807) is 0 Å². The standard InChI is InChI=1S/C16H31N/c1-5-14-10-6-7-11-15(14)12-8-9-13-17-16(2,3)4/h8,12,14-15,17H,5-7,9-11,13H2,1-4H3/b12-8+. The number of hydrogen-bond donors (Lipinski definition) is 1. The third-order valence-corrected chi connectivity index (χ3v) is 3.84. The van der Waals surface area contributed by atoms with E-state index in [9.17, 15) is 0 Å². The van der Waals surface area contributed by atoms with Gasteiger partial charge in [-0.25, -0.2) is 0 Å². The van der Waals surface area contributed by atoms with Crippen LogP contribution in [0.2, 0.25) is 0 Å². The zero-order valence-electron chi connectivity index (χ0n) is 12.3. The van der Waals surface area contributed by atoms with Crippen LogP contribution in [0.25, 0.3) is 0 Å². The Kier molecular flexibility index (Phi) is 6.26. The zero-order valence-corrected chi connectivity index (χ0v) is 12.3. The average molecular weight is 237 g/mol. The molecule has 1 aliphatic carbocycles. The number of hydrogen-bond acceptors (Lipinski definition) is 1. The highest BCUT2D eigenvalue weighted by Crippen LogP contribution is 2.33. The molecule has 0 amide bonds. The van der Waals surface area contributed by atoms with Crippen molar-refractivity contribution in [3.8, 4) is 0 Å². The maximum absolute atomic E-state index is 3.53. The lowest BCUT2D eigenvalue weighted by atomic mass is 9.77. The molecule has 1 aliphatic rings. The molecule has 2 atom stereocenters. The van der Waals surface area contributed by atoms with Gasteiger partial charge in [0.25, 0.3) is 0 Å². The topological polar surface area (TPSA) is 12.0 Å². The summed E-state index contributed by atoms with van der Waals surface area (Å²) in [7, 11) is 0. The fourth-order valence-corrected chi connectivity index (χ4v) is 2.80. The summed E-state index contributed by atoms with van der Waals surface area (Å²) in [6.45, 7) is 10.1. The van der Waals surface area contributed by atoms with Crippen LogP contribution in [0.3, 0.4) is 0 Å². The third-order valence-electron chi connectivity index (χ3n) is 3.84. The molecular weight excluding hydrogens is 206 g/mol. The van der Waals surface area contributed by atoms with Crippen molar-refractivity contribution >= 4 is 0 Å². The van der Waals surface area contributed by atoms with E-state index >= 15 is 0 Å². The summed E-state index contributed by atoms with van der Waals surface area (Å²) in [6.07, 6.45) is 13.2. The molecule has 0 aromatic rings. The highest BCUT2D eigenvalue weighted by Gasteiger charge is 2.20. The molecule has 0 spiro atoms. The molecule has 1 nitrogen and oxygen atoms in total. The van der Waals surface area contributed by atoms with Gasteiger partial charge in [0.15, 0.2) is 0 Å². The van der Waals surface area contributed by atoms with Crippen LogP contribution in [-0.2, 0) is 0 Å². The van der Waals surface area contributed by atoms with Crippen LogP contribution < -0.4 is 5.32 Å². The van der Waals surface area contributed by atoms with Crippen molar-refractivity contribution in [2.45, 2.75) is 71.8 Å². The summed E-state index contributed by atoms with van der Waals surface area (Å²) in [5.41, 5.74) is 0.255. The molecule has 0 aromatic heterocycles. The Hall–Kier alpha value is -0.300. The van der Waals surface area contributed by atoms with Gasteiger partial charge in [-0.3, -0.25) is 0 Å². The van der Waals surface area contributed by atoms with E-state index in [4.69, 9.17) is 0 Å². The first kappa shape index (κ1) is 14.8. The van der Waals surface area contributed by atoms with E-state index in [-0.39, 0.29) is 5.54 Å². The van der Waals surface area contributed by atoms with E-state index in [2.05, 4.69) is 45.2 Å². The largest absolute Gasteiger partial charge is 0.312 e. The van der Waals surface area contributed by atoms with Gasteiger partial charge in [-0.2, -0.15) is 0 Å². The smallest absolute Gasteiger partial charge is 0.00966 e. The second-order valence-electron chi connectivity index (χ2n) is 6.51. The fraction of sp³-hybridized carbons (Fsp3) is 0.875. The highest BCUT2D eigenvalue weighted by molar-refractivity contribution is 4.93. The molecular formula is C16H31N. The SMILES string of the molecule is CCC1CCCCC1/C=C/CCNC(C)(C)C. The van der Waals surface area contributed by atoms with Gasteiger partial charge in [-0.15, -0.1) is 0 Å². The van der Waals surface area contributed by atoms with Crippen molar-refractivity contribution in [2.24, 2.45) is 11.8 Å². The van der Waals surface area contributed by atoms with Crippen LogP contribution in [0.15, 0.2) is 12.2 Å². The molecule has 0 heterocycles. The van der Waals surface area contributed by atoms with Gasteiger partial charge in [0, 0.05) is 5.54 Å². The van der Waals surface area contributed by atoms with Gasteiger partial charge >= 0.3 is 0 Å². The molecule has 17 heavy (non-hydrogen) atoms. The van der Waals surface area contributed by atoms with Crippen LogP contribution in [0.4, 0.5) is 0 Å². The molecule has 1 rings (SSSR count). The summed E-state index contributed by atoms with van der Waals surface area (Å²) < 4.78 is 0. The second-order valence-corrected chi connectivity index (χ2v) is 6.51.